The minimum absolute atomic E-state index is 0. The van der Waals surface area contributed by atoms with Crippen molar-refractivity contribution >= 4 is 73.5 Å². The highest BCUT2D eigenvalue weighted by atomic mass is 79.9. The van der Waals surface area contributed by atoms with Crippen LogP contribution in [0.1, 0.15) is 118 Å². The monoisotopic (exact) mass is 1390 g/mol. The van der Waals surface area contributed by atoms with Crippen molar-refractivity contribution in [3.8, 4) is 0 Å². The number of urea groups is 1. The normalized spacial score (nSPS) is 27.4. The number of fused-ring (bicyclic) bond motifs is 9. The lowest BCUT2D eigenvalue weighted by atomic mass is 9.75. The molecule has 4 aromatic carbocycles. The molecule has 8 heterocycles. The lowest BCUT2D eigenvalue weighted by Crippen LogP contribution is -2.64. The average molecular weight is 1390 g/mol. The maximum Gasteiger partial charge on any atom is 0.394 e. The van der Waals surface area contributed by atoms with Crippen molar-refractivity contribution in [2.75, 3.05) is 41.0 Å². The molecule has 8 saturated heterocycles. The third-order valence-corrected chi connectivity index (χ3v) is 18.4. The van der Waals surface area contributed by atoms with Crippen LogP contribution in [0.15, 0.2) is 121 Å². The third kappa shape index (κ3) is 20.2. The molecule has 6 bridgehead atoms. The first kappa shape index (κ1) is 74.9. The molecule has 14 atom stereocenters. The van der Waals surface area contributed by atoms with Gasteiger partial charge in [-0.25, -0.2) is 4.79 Å². The fourth-order valence-electron chi connectivity index (χ4n) is 13.5. The summed E-state index contributed by atoms with van der Waals surface area (Å²) in [6.07, 6.45) is 11.1. The van der Waals surface area contributed by atoms with Gasteiger partial charge in [-0.1, -0.05) is 128 Å². The lowest BCUT2D eigenvalue weighted by Gasteiger charge is -2.38. The number of morpholine rings is 1. The number of epoxide rings is 1. The summed E-state index contributed by atoms with van der Waals surface area (Å²) in [6, 6.07) is 39.0. The van der Waals surface area contributed by atoms with Crippen LogP contribution < -0.4 is 10.6 Å². The average Bonchev–Trinajstić information content (AvgIpc) is 1.52. The Labute approximate surface area is 546 Å². The van der Waals surface area contributed by atoms with E-state index in [1.807, 2.05) is 91.0 Å². The Kier molecular flexibility index (Phi) is 27.5. The first-order chi connectivity index (χ1) is 43.2. The van der Waals surface area contributed by atoms with Crippen LogP contribution in [0.5, 0.6) is 0 Å². The number of aliphatic hydroxyl groups is 3. The van der Waals surface area contributed by atoms with E-state index in [9.17, 15) is 44.1 Å². The van der Waals surface area contributed by atoms with Crippen molar-refractivity contribution in [2.45, 2.75) is 167 Å². The summed E-state index contributed by atoms with van der Waals surface area (Å²) in [5.41, 5.74) is 1.72. The summed E-state index contributed by atoms with van der Waals surface area (Å²) in [5, 5.41) is 32.9. The van der Waals surface area contributed by atoms with Crippen LogP contribution >= 0.6 is 17.0 Å². The van der Waals surface area contributed by atoms with Crippen LogP contribution in [0.3, 0.4) is 0 Å². The van der Waals surface area contributed by atoms with Gasteiger partial charge in [-0.3, -0.25) is 57.7 Å². The third-order valence-electron chi connectivity index (χ3n) is 18.4. The van der Waals surface area contributed by atoms with Gasteiger partial charge in [0.1, 0.15) is 48.3 Å². The maximum absolute atomic E-state index is 12.4. The number of hydrogen-bond acceptors (Lipinski definition) is 20. The van der Waals surface area contributed by atoms with Crippen LogP contribution in [0, 0.1) is 0 Å². The number of amides is 4. The van der Waals surface area contributed by atoms with Gasteiger partial charge in [0.25, 0.3) is 0 Å². The van der Waals surface area contributed by atoms with Gasteiger partial charge in [-0.15, -0.1) is 17.0 Å². The van der Waals surface area contributed by atoms with E-state index >= 15 is 0 Å². The van der Waals surface area contributed by atoms with Crippen LogP contribution in [0.2, 0.25) is 0 Å². The number of nitrogens with zero attached hydrogens (tertiary/aromatic N) is 3. The van der Waals surface area contributed by atoms with E-state index in [2.05, 4.69) is 46.5 Å². The summed E-state index contributed by atoms with van der Waals surface area (Å²) >= 11 is 0. The van der Waals surface area contributed by atoms with Crippen molar-refractivity contribution in [3.63, 3.8) is 0 Å². The van der Waals surface area contributed by atoms with Crippen LogP contribution in [0.4, 0.5) is 4.79 Å². The van der Waals surface area contributed by atoms with Gasteiger partial charge in [0.15, 0.2) is 5.41 Å². The second-order valence-electron chi connectivity index (χ2n) is 23.8. The number of carbonyl (C=O) groups excluding carboxylic acids is 6. The smallest absolute Gasteiger partial charge is 0.394 e. The van der Waals surface area contributed by atoms with E-state index in [0.717, 1.165) is 55.2 Å². The number of carbonyl (C=O) groups is 6. The van der Waals surface area contributed by atoms with Crippen LogP contribution in [-0.4, -0.2) is 209 Å². The molecule has 0 spiro atoms. The number of hydrogen-bond donors (Lipinski definition) is 9. The number of imide groups is 2. The Morgan fingerprint density at radius 1 is 0.500 bits per heavy atom. The largest absolute Gasteiger partial charge is 0.462 e. The second kappa shape index (κ2) is 33.8. The Morgan fingerprint density at radius 2 is 0.772 bits per heavy atom. The highest BCUT2D eigenvalue weighted by Crippen LogP contribution is 2.48. The molecule has 9 N–H and O–H groups in total. The molecule has 8 fully saturated rings. The van der Waals surface area contributed by atoms with Gasteiger partial charge >= 0.3 is 44.7 Å². The van der Waals surface area contributed by atoms with E-state index in [-0.39, 0.29) is 73.0 Å². The van der Waals surface area contributed by atoms with Gasteiger partial charge in [-0.05, 0) is 101 Å². The molecule has 0 aromatic heterocycles. The van der Waals surface area contributed by atoms with Crippen LogP contribution in [-0.2, 0) is 69.1 Å². The number of ether oxygens (including phenoxy) is 4. The number of nitrogens with one attached hydrogen (secondary N) is 2. The second-order valence-corrected chi connectivity index (χ2v) is 25.5. The standard InChI is InChI=1S/C17H21NO4.2C17H23NO3.C12H12N2O3.BrH.2H2O4S/c1-18-13-7-11(8-14(18)16-15(13)22-16)21-17(20)12(9-19)10-5-3-2-4-6-10;2*1-18-13-7-8-14(18)10-15(9-13)21-17(20)16(11-19)12-5-3-2-4-6-12;1-2-12(8-6-4-3-5-7-8)9(15)13-11(17)14-10(12)16;;2*1-5(2,3)4/h2-6,11-16,19H,7-9H2,1H3;2*2-6,13-16,19H,7-11H2,1H3;3-7H,2H2,1H3,(H2,13,14,15,16,17);1H;2*(H2,1,2,3,4)/t11?,12-,13-,14+,15-,16+;2*13-,14+,15?,16-;;;;/m111..../s1. The lowest BCUT2D eigenvalue weighted by molar-refractivity contribution is -0.157. The first-order valence-corrected chi connectivity index (χ1v) is 33.0. The minimum Gasteiger partial charge on any atom is -0.462 e. The van der Waals surface area contributed by atoms with Gasteiger partial charge in [-0.2, -0.15) is 16.8 Å². The molecule has 4 aromatic rings. The molecule has 4 amide bonds. The maximum atomic E-state index is 12.4. The zero-order valence-electron chi connectivity index (χ0n) is 51.4. The molecular formula is C63H84BrN5O21S2. The number of benzene rings is 4. The number of likely N-dealkylation sites (N-methyl/N-ethyl adjacent to an activating group) is 1. The van der Waals surface area contributed by atoms with E-state index in [4.69, 9.17) is 54.0 Å². The van der Waals surface area contributed by atoms with E-state index < -0.39 is 61.8 Å². The molecular weight excluding hydrogens is 1310 g/mol. The van der Waals surface area contributed by atoms with E-state index in [0.29, 0.717) is 60.4 Å². The van der Waals surface area contributed by atoms with Crippen molar-refractivity contribution < 1.29 is 98.1 Å². The summed E-state index contributed by atoms with van der Waals surface area (Å²) in [5.74, 6) is -3.77. The molecule has 0 aliphatic carbocycles. The molecule has 92 heavy (non-hydrogen) atoms. The zero-order valence-corrected chi connectivity index (χ0v) is 54.8. The highest BCUT2D eigenvalue weighted by Gasteiger charge is 2.63. The van der Waals surface area contributed by atoms with Crippen LogP contribution in [0.25, 0.3) is 0 Å². The molecule has 8 aliphatic rings. The highest BCUT2D eigenvalue weighted by molar-refractivity contribution is 8.93. The molecule has 29 heteroatoms. The number of rotatable bonds is 14. The molecule has 0 radical (unpaired) electrons. The SMILES string of the molecule is Br.CCC1(c2ccccc2)C(=O)NC(=O)NC1=O.CN1[C@@H]2CC(OC(=O)[C@H](CO)c3ccccc3)C[C@H]1[C@@H]1O[C@@H]12.CN1[C@@H]2CC[C@H]1CC(OC(=O)[C@H](CO)c1ccccc1)C2.CN1[C@@H]2CC[C@H]1CC(OC(=O)[C@H](CO)c1ccccc1)C2.O=S(=O)(O)O.O=S(=O)(O)O. The summed E-state index contributed by atoms with van der Waals surface area (Å²) < 4.78 is 85.9. The number of aliphatic hydroxyl groups excluding tert-OH is 3. The molecule has 0 saturated carbocycles. The fraction of sp³-hybridized carbons (Fsp3) is 0.524. The number of barbiturate groups is 1. The van der Waals surface area contributed by atoms with Gasteiger partial charge in [0.05, 0.1) is 19.8 Å². The van der Waals surface area contributed by atoms with Gasteiger partial charge in [0.2, 0.25) is 11.8 Å². The Morgan fingerprint density at radius 3 is 1.04 bits per heavy atom. The molecule has 12 rings (SSSR count). The first-order valence-electron chi connectivity index (χ1n) is 30.2. The molecule has 506 valence electrons. The Bertz CT molecular complexity index is 3110. The number of halogens is 1. The van der Waals surface area contributed by atoms with E-state index in [1.54, 1.807) is 37.3 Å². The molecule has 26 nitrogen and oxygen atoms in total. The minimum atomic E-state index is -4.67. The summed E-state index contributed by atoms with van der Waals surface area (Å²) in [4.78, 5) is 79.4. The van der Waals surface area contributed by atoms with Gasteiger partial charge < -0.3 is 44.1 Å². The summed E-state index contributed by atoms with van der Waals surface area (Å²) in [7, 11) is -2.87. The fourth-order valence-corrected chi connectivity index (χ4v) is 13.5. The van der Waals surface area contributed by atoms with Crippen molar-refractivity contribution in [3.05, 3.63) is 144 Å². The Balaban J connectivity index is 0.000000185. The predicted octanol–water partition coefficient (Wildman–Crippen LogP) is 4.75. The predicted molar refractivity (Wildman–Crippen MR) is 338 cm³/mol. The van der Waals surface area contributed by atoms with Crippen molar-refractivity contribution in [2.24, 2.45) is 0 Å². The Hall–Kier alpha value is -6.16. The zero-order chi connectivity index (χ0) is 66.4. The topological polar surface area (TPSA) is 386 Å². The van der Waals surface area contributed by atoms with Gasteiger partial charge in [0, 0.05) is 49.1 Å². The molecule has 8 aliphatic heterocycles. The quantitative estimate of drug-likeness (QED) is 0.0270. The van der Waals surface area contributed by atoms with Crippen molar-refractivity contribution in [1.29, 1.82) is 0 Å². The van der Waals surface area contributed by atoms with E-state index in [1.165, 1.54) is 25.7 Å². The van der Waals surface area contributed by atoms with Crippen molar-refractivity contribution in [1.82, 2.24) is 25.3 Å². The number of piperidine rings is 3. The number of esters is 3. The summed E-state index contributed by atoms with van der Waals surface area (Å²) in [6.45, 7) is 1.10. The molecule has 3 unspecified atom stereocenters.